The van der Waals surface area contributed by atoms with E-state index >= 15 is 0 Å². The van der Waals surface area contributed by atoms with Gasteiger partial charge in [-0.15, -0.1) is 0 Å². The van der Waals surface area contributed by atoms with Gasteiger partial charge in [0, 0.05) is 51.2 Å². The number of aliphatic hydroxyl groups is 1. The second kappa shape index (κ2) is 8.78. The van der Waals surface area contributed by atoms with Crippen molar-refractivity contribution in [2.75, 3.05) is 37.6 Å². The molecule has 0 unspecified atom stereocenters. The Labute approximate surface area is 154 Å². The first kappa shape index (κ1) is 18.4. The first-order chi connectivity index (χ1) is 12.6. The van der Waals surface area contributed by atoms with E-state index in [1.165, 1.54) is 0 Å². The van der Waals surface area contributed by atoms with Crippen LogP contribution in [0.5, 0.6) is 0 Å². The zero-order valence-corrected chi connectivity index (χ0v) is 15.1. The lowest BCUT2D eigenvalue weighted by atomic mass is 10.2. The van der Waals surface area contributed by atoms with Crippen molar-refractivity contribution in [3.05, 3.63) is 59.9 Å². The van der Waals surface area contributed by atoms with Crippen LogP contribution in [-0.4, -0.2) is 59.7 Å². The Morgan fingerprint density at radius 3 is 2.62 bits per heavy atom. The predicted octanol–water partition coefficient (Wildman–Crippen LogP) is 1.51. The van der Waals surface area contributed by atoms with Crippen molar-refractivity contribution in [2.24, 2.45) is 0 Å². The molecular formula is C20H26N4O2. The Bertz CT molecular complexity index is 713. The molecule has 0 spiro atoms. The van der Waals surface area contributed by atoms with Crippen LogP contribution in [0.15, 0.2) is 48.7 Å². The highest BCUT2D eigenvalue weighted by molar-refractivity contribution is 5.93. The molecule has 6 heteroatoms. The number of carbonyl (C=O) groups excluding carboxylic acids is 1. The summed E-state index contributed by atoms with van der Waals surface area (Å²) in [6.07, 6.45) is 1.39. The van der Waals surface area contributed by atoms with Gasteiger partial charge in [-0.2, -0.15) is 0 Å². The fraction of sp³-hybridized carbons (Fsp3) is 0.400. The molecule has 1 saturated heterocycles. The fourth-order valence-electron chi connectivity index (χ4n) is 3.17. The van der Waals surface area contributed by atoms with Crippen LogP contribution < -0.4 is 10.2 Å². The summed E-state index contributed by atoms with van der Waals surface area (Å²) in [6, 6.07) is 13.6. The lowest BCUT2D eigenvalue weighted by molar-refractivity contribution is 0.0945. The van der Waals surface area contributed by atoms with Crippen LogP contribution in [0.4, 0.5) is 5.69 Å². The van der Waals surface area contributed by atoms with E-state index in [0.717, 1.165) is 37.4 Å². The Morgan fingerprint density at radius 1 is 1.19 bits per heavy atom. The summed E-state index contributed by atoms with van der Waals surface area (Å²) in [6.45, 7) is 6.58. The summed E-state index contributed by atoms with van der Waals surface area (Å²) in [4.78, 5) is 21.1. The van der Waals surface area contributed by atoms with E-state index in [9.17, 15) is 9.90 Å². The summed E-state index contributed by atoms with van der Waals surface area (Å²) < 4.78 is 0. The summed E-state index contributed by atoms with van der Waals surface area (Å²) >= 11 is 0. The van der Waals surface area contributed by atoms with Crippen molar-refractivity contribution in [3.8, 4) is 0 Å². The molecular weight excluding hydrogens is 328 g/mol. The molecule has 2 aromatic rings. The first-order valence-corrected chi connectivity index (χ1v) is 9.05. The van der Waals surface area contributed by atoms with Crippen molar-refractivity contribution in [3.63, 3.8) is 0 Å². The lowest BCUT2D eigenvalue weighted by Crippen LogP contribution is -2.48. The third-order valence-corrected chi connectivity index (χ3v) is 4.53. The zero-order chi connectivity index (χ0) is 18.4. The van der Waals surface area contributed by atoms with Crippen LogP contribution >= 0.6 is 0 Å². The molecule has 0 aliphatic carbocycles. The number of β-amino-alcohol motifs (C(OH)–C–C–N with tert-alkyl or cyclic N) is 1. The highest BCUT2D eigenvalue weighted by atomic mass is 16.3. The SMILES string of the molecule is C[C@@H](O)CN1CCN(c2ccnc(C(=O)NCc3ccccc3)c2)CC1. The molecule has 1 aliphatic rings. The van der Waals surface area contributed by atoms with Gasteiger partial charge in [-0.1, -0.05) is 30.3 Å². The lowest BCUT2D eigenvalue weighted by Gasteiger charge is -2.36. The Morgan fingerprint density at radius 2 is 1.92 bits per heavy atom. The molecule has 0 radical (unpaired) electrons. The van der Waals surface area contributed by atoms with Gasteiger partial charge < -0.3 is 15.3 Å². The van der Waals surface area contributed by atoms with Crippen molar-refractivity contribution in [2.45, 2.75) is 19.6 Å². The average molecular weight is 354 g/mol. The highest BCUT2D eigenvalue weighted by Gasteiger charge is 2.19. The molecule has 138 valence electrons. The van der Waals surface area contributed by atoms with Gasteiger partial charge >= 0.3 is 0 Å². The number of carbonyl (C=O) groups is 1. The minimum absolute atomic E-state index is 0.163. The summed E-state index contributed by atoms with van der Waals surface area (Å²) in [5, 5.41) is 12.4. The van der Waals surface area contributed by atoms with Gasteiger partial charge in [0.15, 0.2) is 0 Å². The molecule has 3 rings (SSSR count). The van der Waals surface area contributed by atoms with Gasteiger partial charge in [0.25, 0.3) is 5.91 Å². The molecule has 2 heterocycles. The van der Waals surface area contributed by atoms with E-state index in [-0.39, 0.29) is 12.0 Å². The maximum atomic E-state index is 12.4. The summed E-state index contributed by atoms with van der Waals surface area (Å²) in [5.74, 6) is -0.163. The van der Waals surface area contributed by atoms with E-state index in [4.69, 9.17) is 0 Å². The number of hydrogen-bond acceptors (Lipinski definition) is 5. The Hall–Kier alpha value is -2.44. The van der Waals surface area contributed by atoms with Crippen LogP contribution in [-0.2, 0) is 6.54 Å². The van der Waals surface area contributed by atoms with E-state index in [1.807, 2.05) is 49.4 Å². The number of aromatic nitrogens is 1. The minimum Gasteiger partial charge on any atom is -0.392 e. The van der Waals surface area contributed by atoms with E-state index in [0.29, 0.717) is 18.8 Å². The number of nitrogens with zero attached hydrogens (tertiary/aromatic N) is 3. The summed E-state index contributed by atoms with van der Waals surface area (Å²) in [5.41, 5.74) is 2.51. The van der Waals surface area contributed by atoms with Gasteiger partial charge in [-0.25, -0.2) is 0 Å². The number of aliphatic hydroxyl groups excluding tert-OH is 1. The molecule has 1 aromatic carbocycles. The van der Waals surface area contributed by atoms with Gasteiger partial charge in [-0.05, 0) is 24.6 Å². The monoisotopic (exact) mass is 354 g/mol. The van der Waals surface area contributed by atoms with Crippen LogP contribution in [0.25, 0.3) is 0 Å². The second-order valence-corrected chi connectivity index (χ2v) is 6.70. The largest absolute Gasteiger partial charge is 0.392 e. The van der Waals surface area contributed by atoms with Gasteiger partial charge in [0.05, 0.1) is 6.10 Å². The Kier molecular flexibility index (Phi) is 6.20. The number of benzene rings is 1. The number of rotatable bonds is 6. The van der Waals surface area contributed by atoms with Crippen LogP contribution in [0.2, 0.25) is 0 Å². The number of nitrogens with one attached hydrogen (secondary N) is 1. The molecule has 1 amide bonds. The molecule has 2 N–H and O–H groups in total. The maximum absolute atomic E-state index is 12.4. The number of anilines is 1. The van der Waals surface area contributed by atoms with Crippen molar-refractivity contribution in [1.29, 1.82) is 0 Å². The van der Waals surface area contributed by atoms with Crippen molar-refractivity contribution >= 4 is 11.6 Å². The fourth-order valence-corrected chi connectivity index (χ4v) is 3.17. The smallest absolute Gasteiger partial charge is 0.270 e. The number of piperazine rings is 1. The number of amides is 1. The third kappa shape index (κ3) is 5.03. The normalized spacial score (nSPS) is 16.3. The first-order valence-electron chi connectivity index (χ1n) is 9.05. The van der Waals surface area contributed by atoms with Gasteiger partial charge in [0.1, 0.15) is 5.69 Å². The molecule has 1 aromatic heterocycles. The topological polar surface area (TPSA) is 68.7 Å². The number of pyridine rings is 1. The highest BCUT2D eigenvalue weighted by Crippen LogP contribution is 2.17. The zero-order valence-electron chi connectivity index (χ0n) is 15.1. The summed E-state index contributed by atoms with van der Waals surface area (Å²) in [7, 11) is 0. The van der Waals surface area contributed by atoms with Crippen molar-refractivity contribution in [1.82, 2.24) is 15.2 Å². The van der Waals surface area contributed by atoms with Gasteiger partial charge in [0.2, 0.25) is 0 Å². The minimum atomic E-state index is -0.303. The molecule has 1 aliphatic heterocycles. The molecule has 1 atom stereocenters. The third-order valence-electron chi connectivity index (χ3n) is 4.53. The van der Waals surface area contributed by atoms with Crippen LogP contribution in [0.3, 0.4) is 0 Å². The molecule has 0 bridgehead atoms. The van der Waals surface area contributed by atoms with E-state index in [2.05, 4.69) is 20.1 Å². The van der Waals surface area contributed by atoms with Crippen LogP contribution in [0, 0.1) is 0 Å². The predicted molar refractivity (Wildman–Crippen MR) is 102 cm³/mol. The molecule has 1 fully saturated rings. The average Bonchev–Trinajstić information content (AvgIpc) is 2.67. The van der Waals surface area contributed by atoms with E-state index < -0.39 is 0 Å². The molecule has 0 saturated carbocycles. The molecule has 6 nitrogen and oxygen atoms in total. The van der Waals surface area contributed by atoms with E-state index in [1.54, 1.807) is 6.20 Å². The van der Waals surface area contributed by atoms with Crippen LogP contribution in [0.1, 0.15) is 23.0 Å². The Balaban J connectivity index is 1.57. The van der Waals surface area contributed by atoms with Crippen molar-refractivity contribution < 1.29 is 9.90 Å². The molecule has 26 heavy (non-hydrogen) atoms. The van der Waals surface area contributed by atoms with Gasteiger partial charge in [-0.3, -0.25) is 14.7 Å². The number of hydrogen-bond donors (Lipinski definition) is 2. The standard InChI is InChI=1S/C20H26N4O2/c1-16(25)15-23-9-11-24(12-10-23)18-7-8-21-19(13-18)20(26)22-14-17-5-3-2-4-6-17/h2-8,13,16,25H,9-12,14-15H2,1H3,(H,22,26)/t16-/m1/s1. The second-order valence-electron chi connectivity index (χ2n) is 6.70. The maximum Gasteiger partial charge on any atom is 0.270 e. The quantitative estimate of drug-likeness (QED) is 0.823.